The molecule has 0 saturated heterocycles. The van der Waals surface area contributed by atoms with Gasteiger partial charge in [0.2, 0.25) is 0 Å². The van der Waals surface area contributed by atoms with Crippen LogP contribution in [0.25, 0.3) is 0 Å². The third kappa shape index (κ3) is 5.28. The highest BCUT2D eigenvalue weighted by molar-refractivity contribution is 5.94. The fourth-order valence-corrected chi connectivity index (χ4v) is 1.72. The average Bonchev–Trinajstić information content (AvgIpc) is 2.55. The van der Waals surface area contributed by atoms with Crippen molar-refractivity contribution in [1.29, 1.82) is 0 Å². The predicted molar refractivity (Wildman–Crippen MR) is 82.9 cm³/mol. The molecule has 2 aromatic carbocycles. The molecular formula is C17H16O6. The monoisotopic (exact) mass is 316 g/mol. The molecule has 120 valence electrons. The fraction of sp³-hybridized carbons (Fsp3) is 0.118. The third-order valence-electron chi connectivity index (χ3n) is 2.90. The Balaban J connectivity index is 0.000000253. The van der Waals surface area contributed by atoms with Crippen molar-refractivity contribution in [2.75, 3.05) is 7.11 Å². The van der Waals surface area contributed by atoms with E-state index in [4.69, 9.17) is 10.2 Å². The molecule has 0 bridgehead atoms. The average molecular weight is 316 g/mol. The molecular weight excluding hydrogens is 300 g/mol. The molecule has 2 N–H and O–H groups in total. The van der Waals surface area contributed by atoms with Crippen LogP contribution in [-0.4, -0.2) is 35.2 Å². The van der Waals surface area contributed by atoms with E-state index in [2.05, 4.69) is 4.74 Å². The van der Waals surface area contributed by atoms with Crippen LogP contribution in [0.3, 0.4) is 0 Å². The van der Waals surface area contributed by atoms with Crippen LogP contribution in [0.15, 0.2) is 48.5 Å². The van der Waals surface area contributed by atoms with Gasteiger partial charge in [-0.25, -0.2) is 14.4 Å². The minimum absolute atomic E-state index is 0.162. The summed E-state index contributed by atoms with van der Waals surface area (Å²) < 4.78 is 4.53. The summed E-state index contributed by atoms with van der Waals surface area (Å²) in [5.74, 6) is -2.35. The number of carboxylic acid groups (broad SMARTS) is 2. The quantitative estimate of drug-likeness (QED) is 0.844. The van der Waals surface area contributed by atoms with Gasteiger partial charge in [0.15, 0.2) is 0 Å². The van der Waals surface area contributed by atoms with Crippen molar-refractivity contribution >= 4 is 17.9 Å². The molecule has 0 unspecified atom stereocenters. The van der Waals surface area contributed by atoms with E-state index in [1.165, 1.54) is 25.3 Å². The number of esters is 1. The summed E-state index contributed by atoms with van der Waals surface area (Å²) in [4.78, 5) is 31.9. The van der Waals surface area contributed by atoms with Crippen LogP contribution in [0.1, 0.15) is 36.6 Å². The van der Waals surface area contributed by atoms with Crippen molar-refractivity contribution in [2.45, 2.75) is 6.92 Å². The first-order valence-corrected chi connectivity index (χ1v) is 6.57. The van der Waals surface area contributed by atoms with E-state index >= 15 is 0 Å². The molecule has 0 aliphatic heterocycles. The van der Waals surface area contributed by atoms with E-state index in [0.717, 1.165) is 0 Å². The number of aryl methyl sites for hydroxylation is 1. The summed E-state index contributed by atoms with van der Waals surface area (Å²) in [7, 11) is 1.28. The van der Waals surface area contributed by atoms with Crippen LogP contribution in [0.5, 0.6) is 0 Å². The Hall–Kier alpha value is -3.15. The fourth-order valence-electron chi connectivity index (χ4n) is 1.72. The number of hydrogen-bond donors (Lipinski definition) is 2. The van der Waals surface area contributed by atoms with Gasteiger partial charge >= 0.3 is 17.9 Å². The number of carbonyl (C=O) groups excluding carboxylic acids is 1. The number of hydrogen-bond acceptors (Lipinski definition) is 4. The number of carboxylic acids is 2. The Kier molecular flexibility index (Phi) is 6.48. The predicted octanol–water partition coefficient (Wildman–Crippen LogP) is 2.86. The molecule has 2 rings (SSSR count). The first-order chi connectivity index (χ1) is 10.9. The Morgan fingerprint density at radius 1 is 0.870 bits per heavy atom. The van der Waals surface area contributed by atoms with E-state index in [1.54, 1.807) is 37.3 Å². The molecule has 0 atom stereocenters. The molecule has 0 fully saturated rings. The maximum absolute atomic E-state index is 11.1. The molecule has 23 heavy (non-hydrogen) atoms. The summed E-state index contributed by atoms with van der Waals surface area (Å²) in [5, 5.41) is 17.1. The number of aromatic carboxylic acids is 2. The number of rotatable bonds is 3. The lowest BCUT2D eigenvalue weighted by Crippen LogP contribution is -2.05. The van der Waals surface area contributed by atoms with Crippen LogP contribution in [0, 0.1) is 6.92 Å². The van der Waals surface area contributed by atoms with Crippen LogP contribution in [-0.2, 0) is 4.74 Å². The number of benzene rings is 2. The lowest BCUT2D eigenvalue weighted by atomic mass is 10.1. The summed E-state index contributed by atoms with van der Waals surface area (Å²) in [6.45, 7) is 1.67. The second-order valence-corrected chi connectivity index (χ2v) is 4.50. The van der Waals surface area contributed by atoms with E-state index in [1.807, 2.05) is 0 Å². The van der Waals surface area contributed by atoms with E-state index in [0.29, 0.717) is 16.7 Å². The minimum atomic E-state index is -1.01. The Labute approximate surface area is 133 Å². The van der Waals surface area contributed by atoms with Crippen molar-refractivity contribution in [3.05, 3.63) is 70.8 Å². The highest BCUT2D eigenvalue weighted by atomic mass is 16.5. The molecule has 6 heteroatoms. The van der Waals surface area contributed by atoms with Crippen LogP contribution in [0.2, 0.25) is 0 Å². The molecule has 0 heterocycles. The van der Waals surface area contributed by atoms with Crippen molar-refractivity contribution in [1.82, 2.24) is 0 Å². The first kappa shape index (κ1) is 17.9. The zero-order valence-corrected chi connectivity index (χ0v) is 12.6. The van der Waals surface area contributed by atoms with Gasteiger partial charge in [-0.15, -0.1) is 0 Å². The molecule has 0 aromatic heterocycles. The summed E-state index contributed by atoms with van der Waals surface area (Å²) >= 11 is 0. The number of carbonyl (C=O) groups is 3. The summed E-state index contributed by atoms with van der Waals surface area (Å²) in [5.41, 5.74) is 1.47. The number of ether oxygens (including phenoxy) is 1. The smallest absolute Gasteiger partial charge is 0.338 e. The lowest BCUT2D eigenvalue weighted by molar-refractivity contribution is 0.0597. The SMILES string of the molecule is COC(=O)c1ccc(C(=O)O)cc1C.O=C(O)c1ccccc1. The molecule has 6 nitrogen and oxygen atoms in total. The van der Waals surface area contributed by atoms with Crippen molar-refractivity contribution in [3.8, 4) is 0 Å². The van der Waals surface area contributed by atoms with Crippen molar-refractivity contribution in [3.63, 3.8) is 0 Å². The van der Waals surface area contributed by atoms with Gasteiger partial charge in [0.05, 0.1) is 23.8 Å². The molecule has 0 radical (unpaired) electrons. The largest absolute Gasteiger partial charge is 0.478 e. The van der Waals surface area contributed by atoms with Crippen LogP contribution in [0.4, 0.5) is 0 Å². The highest BCUT2D eigenvalue weighted by Crippen LogP contribution is 2.12. The second-order valence-electron chi connectivity index (χ2n) is 4.50. The highest BCUT2D eigenvalue weighted by Gasteiger charge is 2.11. The second kappa shape index (κ2) is 8.33. The van der Waals surface area contributed by atoms with Crippen LogP contribution >= 0.6 is 0 Å². The molecule has 0 amide bonds. The van der Waals surface area contributed by atoms with Gasteiger partial charge in [0.25, 0.3) is 0 Å². The van der Waals surface area contributed by atoms with Gasteiger partial charge in [-0.05, 0) is 42.8 Å². The standard InChI is InChI=1S/C10H10O4.C7H6O2/c1-6-5-7(9(11)12)3-4-8(6)10(13)14-2;8-7(9)6-4-2-1-3-5-6/h3-5H,1-2H3,(H,11,12);1-5H,(H,8,9). The van der Waals surface area contributed by atoms with Crippen molar-refractivity contribution in [2.24, 2.45) is 0 Å². The third-order valence-corrected chi connectivity index (χ3v) is 2.90. The maximum Gasteiger partial charge on any atom is 0.338 e. The summed E-state index contributed by atoms with van der Waals surface area (Å²) in [6.07, 6.45) is 0. The van der Waals surface area contributed by atoms with E-state index < -0.39 is 17.9 Å². The van der Waals surface area contributed by atoms with Gasteiger partial charge in [0, 0.05) is 0 Å². The lowest BCUT2D eigenvalue weighted by Gasteiger charge is -2.03. The zero-order valence-electron chi connectivity index (χ0n) is 12.6. The molecule has 0 saturated carbocycles. The van der Waals surface area contributed by atoms with Gasteiger partial charge in [-0.1, -0.05) is 18.2 Å². The van der Waals surface area contributed by atoms with E-state index in [9.17, 15) is 14.4 Å². The van der Waals surface area contributed by atoms with E-state index in [-0.39, 0.29) is 5.56 Å². The minimum Gasteiger partial charge on any atom is -0.478 e. The molecule has 0 aliphatic carbocycles. The molecule has 0 spiro atoms. The normalized spacial score (nSPS) is 9.30. The topological polar surface area (TPSA) is 101 Å². The Bertz CT molecular complexity index is 706. The summed E-state index contributed by atoms with van der Waals surface area (Å²) in [6, 6.07) is 12.6. The Morgan fingerprint density at radius 2 is 1.43 bits per heavy atom. The number of methoxy groups -OCH3 is 1. The molecule has 0 aliphatic rings. The Morgan fingerprint density at radius 3 is 1.83 bits per heavy atom. The molecule has 2 aromatic rings. The van der Waals surface area contributed by atoms with Gasteiger partial charge in [0.1, 0.15) is 0 Å². The first-order valence-electron chi connectivity index (χ1n) is 6.57. The maximum atomic E-state index is 11.1. The van der Waals surface area contributed by atoms with Gasteiger partial charge in [-0.2, -0.15) is 0 Å². The van der Waals surface area contributed by atoms with Crippen LogP contribution < -0.4 is 0 Å². The van der Waals surface area contributed by atoms with Crippen molar-refractivity contribution < 1.29 is 29.3 Å². The van der Waals surface area contributed by atoms with Gasteiger partial charge in [-0.3, -0.25) is 0 Å². The zero-order chi connectivity index (χ0) is 17.4. The van der Waals surface area contributed by atoms with Gasteiger partial charge < -0.3 is 14.9 Å².